The van der Waals surface area contributed by atoms with Crippen molar-refractivity contribution in [3.8, 4) is 0 Å². The van der Waals surface area contributed by atoms with E-state index in [0.717, 1.165) is 73.0 Å². The summed E-state index contributed by atoms with van der Waals surface area (Å²) in [6, 6.07) is 10.6. The number of carbonyl (C=O) groups excluding carboxylic acids is 1. The summed E-state index contributed by atoms with van der Waals surface area (Å²) in [4.78, 5) is 25.0. The standard InChI is InChI=1S/C26H29N5O4/c27-25(32)16-19-15-21-22(10-9-18-6-5-7-20(14-18)31(33)34)28-30(26-8-1-4-13-35-26)24(21)17-23(19)29-11-2-3-12-29/h5-7,9-10,14-15,17,26H,1-4,8,11-13,16H2,(H2,27,32). The van der Waals surface area contributed by atoms with Crippen molar-refractivity contribution in [1.82, 2.24) is 9.78 Å². The number of benzene rings is 2. The number of rotatable bonds is 7. The fourth-order valence-corrected chi connectivity index (χ4v) is 5.00. The second-order valence-electron chi connectivity index (χ2n) is 9.17. The maximum absolute atomic E-state index is 11.9. The van der Waals surface area contributed by atoms with Crippen LogP contribution in [0.1, 0.15) is 55.2 Å². The van der Waals surface area contributed by atoms with Crippen molar-refractivity contribution in [3.63, 3.8) is 0 Å². The van der Waals surface area contributed by atoms with Crippen LogP contribution in [0.2, 0.25) is 0 Å². The van der Waals surface area contributed by atoms with Gasteiger partial charge in [0.2, 0.25) is 5.91 Å². The maximum Gasteiger partial charge on any atom is 0.270 e. The van der Waals surface area contributed by atoms with Gasteiger partial charge in [-0.3, -0.25) is 14.9 Å². The molecule has 2 aromatic carbocycles. The van der Waals surface area contributed by atoms with E-state index in [0.29, 0.717) is 12.2 Å². The minimum absolute atomic E-state index is 0.0390. The first-order chi connectivity index (χ1) is 17.0. The van der Waals surface area contributed by atoms with E-state index in [-0.39, 0.29) is 24.2 Å². The molecule has 0 saturated carbocycles. The molecule has 182 valence electrons. The zero-order valence-corrected chi connectivity index (χ0v) is 19.6. The molecule has 3 heterocycles. The first-order valence-corrected chi connectivity index (χ1v) is 12.1. The van der Waals surface area contributed by atoms with E-state index in [9.17, 15) is 14.9 Å². The molecule has 1 atom stereocenters. The van der Waals surface area contributed by atoms with Gasteiger partial charge in [0, 0.05) is 42.9 Å². The number of anilines is 1. The topological polar surface area (TPSA) is 117 Å². The van der Waals surface area contributed by atoms with Crippen molar-refractivity contribution in [2.75, 3.05) is 24.6 Å². The summed E-state index contributed by atoms with van der Waals surface area (Å²) in [6.07, 6.45) is 8.92. The molecule has 2 aliphatic rings. The highest BCUT2D eigenvalue weighted by atomic mass is 16.6. The third-order valence-electron chi connectivity index (χ3n) is 6.69. The van der Waals surface area contributed by atoms with Gasteiger partial charge in [0.15, 0.2) is 6.23 Å². The average Bonchev–Trinajstić information content (AvgIpc) is 3.51. The highest BCUT2D eigenvalue weighted by Crippen LogP contribution is 2.35. The molecule has 5 rings (SSSR count). The molecule has 9 heteroatoms. The molecule has 0 radical (unpaired) electrons. The minimum atomic E-state index is -0.405. The Kier molecular flexibility index (Phi) is 6.50. The van der Waals surface area contributed by atoms with Crippen molar-refractivity contribution in [2.24, 2.45) is 5.73 Å². The Morgan fingerprint density at radius 3 is 2.71 bits per heavy atom. The number of carbonyl (C=O) groups is 1. The number of ether oxygens (including phenoxy) is 1. The number of nitro benzene ring substituents is 1. The van der Waals surface area contributed by atoms with Crippen LogP contribution in [0.3, 0.4) is 0 Å². The molecule has 35 heavy (non-hydrogen) atoms. The monoisotopic (exact) mass is 475 g/mol. The molecule has 2 saturated heterocycles. The molecule has 1 amide bonds. The molecular formula is C26H29N5O4. The summed E-state index contributed by atoms with van der Waals surface area (Å²) < 4.78 is 8.02. The van der Waals surface area contributed by atoms with Crippen molar-refractivity contribution in [1.29, 1.82) is 0 Å². The molecule has 2 N–H and O–H groups in total. The van der Waals surface area contributed by atoms with Gasteiger partial charge in [-0.15, -0.1) is 0 Å². The third-order valence-corrected chi connectivity index (χ3v) is 6.69. The quantitative estimate of drug-likeness (QED) is 0.399. The van der Waals surface area contributed by atoms with Crippen molar-refractivity contribution < 1.29 is 14.5 Å². The number of aromatic nitrogens is 2. The largest absolute Gasteiger partial charge is 0.371 e. The van der Waals surface area contributed by atoms with Gasteiger partial charge >= 0.3 is 0 Å². The molecule has 0 aliphatic carbocycles. The summed E-state index contributed by atoms with van der Waals surface area (Å²) in [6.45, 7) is 2.60. The molecule has 2 fully saturated rings. The van der Waals surface area contributed by atoms with Crippen molar-refractivity contribution in [3.05, 3.63) is 63.3 Å². The summed E-state index contributed by atoms with van der Waals surface area (Å²) in [7, 11) is 0. The van der Waals surface area contributed by atoms with Crippen LogP contribution in [0.25, 0.3) is 23.1 Å². The Bertz CT molecular complexity index is 1290. The van der Waals surface area contributed by atoms with Gasteiger partial charge in [0.05, 0.1) is 22.6 Å². The summed E-state index contributed by atoms with van der Waals surface area (Å²) >= 11 is 0. The van der Waals surface area contributed by atoms with Gasteiger partial charge in [-0.05, 0) is 61.4 Å². The van der Waals surface area contributed by atoms with Crippen LogP contribution in [-0.2, 0) is 16.0 Å². The summed E-state index contributed by atoms with van der Waals surface area (Å²) in [5.41, 5.74) is 9.94. The zero-order chi connectivity index (χ0) is 24.4. The normalized spacial score (nSPS) is 18.5. The Hall–Kier alpha value is -3.72. The minimum Gasteiger partial charge on any atom is -0.371 e. The third kappa shape index (κ3) is 4.90. The first kappa shape index (κ1) is 23.0. The molecular weight excluding hydrogens is 446 g/mol. The number of primary amides is 1. The SMILES string of the molecule is NC(=O)Cc1cc2c(C=Cc3cccc([N+](=O)[O-])c3)nn(C3CCCCO3)c2cc1N1CCCC1. The molecule has 9 nitrogen and oxygen atoms in total. The number of fused-ring (bicyclic) bond motifs is 1. The Morgan fingerprint density at radius 2 is 2.00 bits per heavy atom. The highest BCUT2D eigenvalue weighted by molar-refractivity contribution is 5.94. The van der Waals surface area contributed by atoms with Crippen molar-refractivity contribution >= 4 is 40.3 Å². The van der Waals surface area contributed by atoms with Crippen LogP contribution >= 0.6 is 0 Å². The van der Waals surface area contributed by atoms with Crippen LogP contribution in [0.4, 0.5) is 11.4 Å². The molecule has 3 aromatic rings. The molecule has 1 unspecified atom stereocenters. The number of amides is 1. The predicted molar refractivity (Wildman–Crippen MR) is 135 cm³/mol. The van der Waals surface area contributed by atoms with E-state index in [1.165, 1.54) is 12.1 Å². The first-order valence-electron chi connectivity index (χ1n) is 12.1. The number of hydrogen-bond acceptors (Lipinski definition) is 6. The zero-order valence-electron chi connectivity index (χ0n) is 19.6. The van der Waals surface area contributed by atoms with Crippen LogP contribution in [-0.4, -0.2) is 40.3 Å². The molecule has 0 spiro atoms. The van der Waals surface area contributed by atoms with E-state index < -0.39 is 4.92 Å². The summed E-state index contributed by atoms with van der Waals surface area (Å²) in [5.74, 6) is -0.374. The van der Waals surface area contributed by atoms with Crippen LogP contribution in [0.5, 0.6) is 0 Å². The van der Waals surface area contributed by atoms with Gasteiger partial charge in [-0.1, -0.05) is 18.2 Å². The fraction of sp³-hybridized carbons (Fsp3) is 0.385. The summed E-state index contributed by atoms with van der Waals surface area (Å²) in [5, 5.41) is 17.0. The van der Waals surface area contributed by atoms with Crippen LogP contribution in [0.15, 0.2) is 36.4 Å². The molecule has 0 bridgehead atoms. The fourth-order valence-electron chi connectivity index (χ4n) is 5.00. The Balaban J connectivity index is 1.62. The number of hydrogen-bond donors (Lipinski definition) is 1. The lowest BCUT2D eigenvalue weighted by Gasteiger charge is -2.25. The van der Waals surface area contributed by atoms with Gasteiger partial charge < -0.3 is 15.4 Å². The number of non-ortho nitro benzene ring substituents is 1. The second-order valence-corrected chi connectivity index (χ2v) is 9.17. The van der Waals surface area contributed by atoms with Crippen LogP contribution in [0, 0.1) is 10.1 Å². The number of nitro groups is 1. The van der Waals surface area contributed by atoms with Gasteiger partial charge in [-0.25, -0.2) is 4.68 Å². The Labute approximate surface area is 203 Å². The number of nitrogens with two attached hydrogens (primary N) is 1. The molecule has 2 aliphatic heterocycles. The van der Waals surface area contributed by atoms with Gasteiger partial charge in [0.25, 0.3) is 5.69 Å². The van der Waals surface area contributed by atoms with E-state index in [1.807, 2.05) is 29.0 Å². The second kappa shape index (κ2) is 9.87. The lowest BCUT2D eigenvalue weighted by atomic mass is 10.0. The highest BCUT2D eigenvalue weighted by Gasteiger charge is 2.24. The smallest absolute Gasteiger partial charge is 0.270 e. The lowest BCUT2D eigenvalue weighted by molar-refractivity contribution is -0.384. The van der Waals surface area contributed by atoms with E-state index in [4.69, 9.17) is 15.6 Å². The van der Waals surface area contributed by atoms with Gasteiger partial charge in [0.1, 0.15) is 0 Å². The van der Waals surface area contributed by atoms with E-state index in [2.05, 4.69) is 11.0 Å². The average molecular weight is 476 g/mol. The van der Waals surface area contributed by atoms with E-state index in [1.54, 1.807) is 6.07 Å². The Morgan fingerprint density at radius 1 is 1.17 bits per heavy atom. The van der Waals surface area contributed by atoms with Crippen molar-refractivity contribution in [2.45, 2.75) is 44.8 Å². The predicted octanol–water partition coefficient (Wildman–Crippen LogP) is 4.44. The maximum atomic E-state index is 11.9. The number of nitrogens with zero attached hydrogens (tertiary/aromatic N) is 4. The molecule has 1 aromatic heterocycles. The lowest BCUT2D eigenvalue weighted by Crippen LogP contribution is -2.22. The van der Waals surface area contributed by atoms with E-state index >= 15 is 0 Å². The van der Waals surface area contributed by atoms with Gasteiger partial charge in [-0.2, -0.15) is 5.10 Å². The van der Waals surface area contributed by atoms with Crippen LogP contribution < -0.4 is 10.6 Å².